The second-order valence-corrected chi connectivity index (χ2v) is 6.06. The molecule has 0 aliphatic carbocycles. The van der Waals surface area contributed by atoms with E-state index in [9.17, 15) is 4.79 Å². The molecule has 1 rings (SSSR count). The summed E-state index contributed by atoms with van der Waals surface area (Å²) in [5.74, 6) is 0.661. The normalized spacial score (nSPS) is 12.1. The van der Waals surface area contributed by atoms with Gasteiger partial charge in [-0.15, -0.1) is 11.8 Å². The van der Waals surface area contributed by atoms with Gasteiger partial charge in [-0.1, -0.05) is 37.3 Å². The zero-order valence-corrected chi connectivity index (χ0v) is 12.4. The minimum atomic E-state index is 0.127. The second kappa shape index (κ2) is 9.87. The van der Waals surface area contributed by atoms with Crippen LogP contribution in [0.4, 0.5) is 0 Å². The lowest BCUT2D eigenvalue weighted by Crippen LogP contribution is -2.27. The highest BCUT2D eigenvalue weighted by atomic mass is 32.2. The maximum absolute atomic E-state index is 11.6. The number of carbonyl (C=O) groups is 1. The van der Waals surface area contributed by atoms with E-state index in [0.717, 1.165) is 25.8 Å². The number of rotatable bonds is 9. The minimum absolute atomic E-state index is 0.127. The molecule has 1 aromatic carbocycles. The number of benzene rings is 1. The molecule has 0 radical (unpaired) electrons. The summed E-state index contributed by atoms with van der Waals surface area (Å²) >= 11 is 1.67. The highest BCUT2D eigenvalue weighted by molar-refractivity contribution is 8.00. The SMILES string of the molecule is CC(CCN)SCC(=O)NCCCc1ccccc1. The number of hydrogen-bond acceptors (Lipinski definition) is 3. The first kappa shape index (κ1) is 16.1. The van der Waals surface area contributed by atoms with Crippen LogP contribution in [0.3, 0.4) is 0 Å². The molecule has 0 fully saturated rings. The Labute approximate surface area is 120 Å². The van der Waals surface area contributed by atoms with Crippen molar-refractivity contribution < 1.29 is 4.79 Å². The molecule has 1 unspecified atom stereocenters. The predicted molar refractivity (Wildman–Crippen MR) is 83.4 cm³/mol. The zero-order valence-electron chi connectivity index (χ0n) is 11.6. The van der Waals surface area contributed by atoms with E-state index in [4.69, 9.17) is 5.73 Å². The number of hydrogen-bond donors (Lipinski definition) is 2. The minimum Gasteiger partial charge on any atom is -0.355 e. The van der Waals surface area contributed by atoms with Crippen molar-refractivity contribution in [2.75, 3.05) is 18.8 Å². The number of aryl methyl sites for hydroxylation is 1. The van der Waals surface area contributed by atoms with Gasteiger partial charge in [0.05, 0.1) is 5.75 Å². The molecule has 0 aliphatic heterocycles. The summed E-state index contributed by atoms with van der Waals surface area (Å²) in [6.07, 6.45) is 2.96. The van der Waals surface area contributed by atoms with Gasteiger partial charge in [0.1, 0.15) is 0 Å². The van der Waals surface area contributed by atoms with Gasteiger partial charge in [-0.05, 0) is 31.4 Å². The van der Waals surface area contributed by atoms with E-state index in [1.165, 1.54) is 5.56 Å². The molecule has 0 heterocycles. The predicted octanol–water partition coefficient (Wildman–Crippen LogP) is 2.21. The molecule has 3 nitrogen and oxygen atoms in total. The maximum Gasteiger partial charge on any atom is 0.230 e. The molecule has 4 heteroatoms. The monoisotopic (exact) mass is 280 g/mol. The van der Waals surface area contributed by atoms with Gasteiger partial charge in [0.2, 0.25) is 5.91 Å². The number of amides is 1. The molecule has 1 amide bonds. The average molecular weight is 280 g/mol. The van der Waals surface area contributed by atoms with Crippen LogP contribution < -0.4 is 11.1 Å². The molecule has 0 aliphatic rings. The molecule has 0 aromatic heterocycles. The number of nitrogens with two attached hydrogens (primary N) is 1. The van der Waals surface area contributed by atoms with Crippen LogP contribution in [0.2, 0.25) is 0 Å². The Kier molecular flexibility index (Phi) is 8.34. The molecule has 0 saturated heterocycles. The van der Waals surface area contributed by atoms with E-state index in [1.807, 2.05) is 18.2 Å². The third kappa shape index (κ3) is 7.90. The van der Waals surface area contributed by atoms with Crippen molar-refractivity contribution >= 4 is 17.7 Å². The number of carbonyl (C=O) groups excluding carboxylic acids is 1. The van der Waals surface area contributed by atoms with E-state index < -0.39 is 0 Å². The van der Waals surface area contributed by atoms with Gasteiger partial charge in [-0.3, -0.25) is 4.79 Å². The van der Waals surface area contributed by atoms with Crippen molar-refractivity contribution in [2.24, 2.45) is 5.73 Å². The first-order chi connectivity index (χ1) is 9.22. The average Bonchev–Trinajstić information content (AvgIpc) is 2.43. The topological polar surface area (TPSA) is 55.1 Å². The van der Waals surface area contributed by atoms with Gasteiger partial charge in [-0.2, -0.15) is 0 Å². The molecule has 0 saturated carbocycles. The molecule has 19 heavy (non-hydrogen) atoms. The van der Waals surface area contributed by atoms with E-state index in [1.54, 1.807) is 11.8 Å². The van der Waals surface area contributed by atoms with E-state index in [0.29, 0.717) is 17.5 Å². The first-order valence-corrected chi connectivity index (χ1v) is 7.89. The van der Waals surface area contributed by atoms with Crippen LogP contribution in [0.25, 0.3) is 0 Å². The fourth-order valence-corrected chi connectivity index (χ4v) is 2.59. The molecule has 0 spiro atoms. The second-order valence-electron chi connectivity index (χ2n) is 4.64. The third-order valence-corrected chi connectivity index (χ3v) is 4.11. The molecule has 0 bridgehead atoms. The third-order valence-electron chi connectivity index (χ3n) is 2.88. The van der Waals surface area contributed by atoms with Crippen molar-refractivity contribution in [3.8, 4) is 0 Å². The Balaban J connectivity index is 2.04. The van der Waals surface area contributed by atoms with Gasteiger partial charge in [0.15, 0.2) is 0 Å². The van der Waals surface area contributed by atoms with E-state index >= 15 is 0 Å². The van der Waals surface area contributed by atoms with Crippen molar-refractivity contribution in [3.63, 3.8) is 0 Å². The molecule has 106 valence electrons. The van der Waals surface area contributed by atoms with Crippen LogP contribution in [0.5, 0.6) is 0 Å². The van der Waals surface area contributed by atoms with Crippen molar-refractivity contribution in [3.05, 3.63) is 35.9 Å². The van der Waals surface area contributed by atoms with Crippen LogP contribution in [-0.2, 0) is 11.2 Å². The Morgan fingerprint density at radius 1 is 1.37 bits per heavy atom. The quantitative estimate of drug-likeness (QED) is 0.682. The number of thioether (sulfide) groups is 1. The van der Waals surface area contributed by atoms with E-state index in [2.05, 4.69) is 24.4 Å². The van der Waals surface area contributed by atoms with Crippen LogP contribution >= 0.6 is 11.8 Å². The summed E-state index contributed by atoms with van der Waals surface area (Å²) in [5, 5.41) is 3.42. The summed E-state index contributed by atoms with van der Waals surface area (Å²) in [6.45, 7) is 3.55. The van der Waals surface area contributed by atoms with Gasteiger partial charge in [0, 0.05) is 11.8 Å². The largest absolute Gasteiger partial charge is 0.355 e. The van der Waals surface area contributed by atoms with Gasteiger partial charge in [-0.25, -0.2) is 0 Å². The van der Waals surface area contributed by atoms with Gasteiger partial charge in [0.25, 0.3) is 0 Å². The summed E-state index contributed by atoms with van der Waals surface area (Å²) in [5.41, 5.74) is 6.80. The van der Waals surface area contributed by atoms with Crippen molar-refractivity contribution in [1.82, 2.24) is 5.32 Å². The summed E-state index contributed by atoms with van der Waals surface area (Å²) < 4.78 is 0. The Hall–Kier alpha value is -1.00. The Morgan fingerprint density at radius 3 is 2.79 bits per heavy atom. The Morgan fingerprint density at radius 2 is 2.11 bits per heavy atom. The first-order valence-electron chi connectivity index (χ1n) is 6.84. The van der Waals surface area contributed by atoms with Crippen molar-refractivity contribution in [1.29, 1.82) is 0 Å². The van der Waals surface area contributed by atoms with Crippen LogP contribution in [0, 0.1) is 0 Å². The lowest BCUT2D eigenvalue weighted by molar-refractivity contribution is -0.118. The highest BCUT2D eigenvalue weighted by Gasteiger charge is 2.05. The zero-order chi connectivity index (χ0) is 13.9. The van der Waals surface area contributed by atoms with Crippen LogP contribution in [0.15, 0.2) is 30.3 Å². The summed E-state index contributed by atoms with van der Waals surface area (Å²) in [4.78, 5) is 11.6. The standard InChI is InChI=1S/C15H24N2OS/c1-13(9-10-16)19-12-15(18)17-11-5-8-14-6-3-2-4-7-14/h2-4,6-7,13H,5,8-12,16H2,1H3,(H,17,18). The Bertz CT molecular complexity index is 356. The fraction of sp³-hybridized carbons (Fsp3) is 0.533. The van der Waals surface area contributed by atoms with Crippen LogP contribution in [-0.4, -0.2) is 30.0 Å². The maximum atomic E-state index is 11.6. The number of nitrogens with one attached hydrogen (secondary N) is 1. The molecule has 1 aromatic rings. The smallest absolute Gasteiger partial charge is 0.230 e. The van der Waals surface area contributed by atoms with Crippen LogP contribution in [0.1, 0.15) is 25.3 Å². The van der Waals surface area contributed by atoms with Crippen molar-refractivity contribution in [2.45, 2.75) is 31.4 Å². The lowest BCUT2D eigenvalue weighted by atomic mass is 10.1. The molecular formula is C15H24N2OS. The summed E-state index contributed by atoms with van der Waals surface area (Å²) in [6, 6.07) is 10.3. The summed E-state index contributed by atoms with van der Waals surface area (Å²) in [7, 11) is 0. The van der Waals surface area contributed by atoms with Gasteiger partial charge >= 0.3 is 0 Å². The van der Waals surface area contributed by atoms with Gasteiger partial charge < -0.3 is 11.1 Å². The fourth-order valence-electron chi connectivity index (χ4n) is 1.75. The van der Waals surface area contributed by atoms with E-state index in [-0.39, 0.29) is 5.91 Å². The highest BCUT2D eigenvalue weighted by Crippen LogP contribution is 2.12. The lowest BCUT2D eigenvalue weighted by Gasteiger charge is -2.09. The molecule has 1 atom stereocenters. The molecular weight excluding hydrogens is 256 g/mol. The molecule has 3 N–H and O–H groups in total.